The number of hydrogen-bond acceptors (Lipinski definition) is 3. The Morgan fingerprint density at radius 3 is 1.18 bits per heavy atom. The quantitative estimate of drug-likeness (QED) is 0.147. The van der Waals surface area contributed by atoms with Gasteiger partial charge in [-0.1, -0.05) is 101 Å². The van der Waals surface area contributed by atoms with Crippen molar-refractivity contribution in [1.29, 1.82) is 0 Å². The standard InChI is InChI=1S/C40H32BrNO2/c1-43-37-25-15-31(16-26-37)40(32-17-27-38(44-2)28-18-32)39(29-9-5-3-6-10-29)30-13-21-35(22-14-30)42(34-11-7-4-8-12-34)36-23-19-33(41)20-24-36/h3-28H,1-2H3. The minimum Gasteiger partial charge on any atom is -0.497 e. The fraction of sp³-hybridized carbons (Fsp3) is 0.0500. The molecule has 0 aliphatic heterocycles. The molecule has 0 heterocycles. The topological polar surface area (TPSA) is 21.7 Å². The van der Waals surface area contributed by atoms with E-state index in [2.05, 4.69) is 148 Å². The molecule has 0 aliphatic rings. The van der Waals surface area contributed by atoms with Gasteiger partial charge in [0.15, 0.2) is 0 Å². The molecular weight excluding hydrogens is 606 g/mol. The van der Waals surface area contributed by atoms with Crippen LogP contribution in [0.2, 0.25) is 0 Å². The lowest BCUT2D eigenvalue weighted by molar-refractivity contribution is 0.414. The predicted molar refractivity (Wildman–Crippen MR) is 186 cm³/mol. The highest BCUT2D eigenvalue weighted by atomic mass is 79.9. The van der Waals surface area contributed by atoms with Crippen LogP contribution in [0.15, 0.2) is 162 Å². The first-order valence-corrected chi connectivity index (χ1v) is 15.2. The molecule has 6 aromatic rings. The van der Waals surface area contributed by atoms with Crippen molar-refractivity contribution in [3.8, 4) is 11.5 Å². The van der Waals surface area contributed by atoms with E-state index in [-0.39, 0.29) is 0 Å². The summed E-state index contributed by atoms with van der Waals surface area (Å²) >= 11 is 3.59. The van der Waals surface area contributed by atoms with Gasteiger partial charge >= 0.3 is 0 Å². The van der Waals surface area contributed by atoms with Gasteiger partial charge in [0.2, 0.25) is 0 Å². The Morgan fingerprint density at radius 2 is 0.750 bits per heavy atom. The fourth-order valence-electron chi connectivity index (χ4n) is 5.42. The van der Waals surface area contributed by atoms with Crippen molar-refractivity contribution in [3.05, 3.63) is 184 Å². The largest absolute Gasteiger partial charge is 0.497 e. The van der Waals surface area contributed by atoms with E-state index < -0.39 is 0 Å². The molecule has 0 saturated heterocycles. The van der Waals surface area contributed by atoms with Crippen molar-refractivity contribution in [2.24, 2.45) is 0 Å². The molecule has 0 fully saturated rings. The van der Waals surface area contributed by atoms with Crippen molar-refractivity contribution in [1.82, 2.24) is 0 Å². The average molecular weight is 639 g/mol. The van der Waals surface area contributed by atoms with Crippen molar-refractivity contribution in [3.63, 3.8) is 0 Å². The highest BCUT2D eigenvalue weighted by Gasteiger charge is 2.18. The van der Waals surface area contributed by atoms with Gasteiger partial charge in [-0.3, -0.25) is 0 Å². The second-order valence-corrected chi connectivity index (χ2v) is 11.2. The highest BCUT2D eigenvalue weighted by molar-refractivity contribution is 9.10. The summed E-state index contributed by atoms with van der Waals surface area (Å²) in [6, 6.07) is 54.9. The van der Waals surface area contributed by atoms with Gasteiger partial charge in [-0.05, 0) is 106 Å². The van der Waals surface area contributed by atoms with Gasteiger partial charge in [0.05, 0.1) is 14.2 Å². The molecule has 0 aliphatic carbocycles. The van der Waals surface area contributed by atoms with Crippen molar-refractivity contribution in [2.45, 2.75) is 0 Å². The lowest BCUT2D eigenvalue weighted by Gasteiger charge is -2.26. The molecule has 0 spiro atoms. The van der Waals surface area contributed by atoms with E-state index in [0.717, 1.165) is 66.4 Å². The van der Waals surface area contributed by atoms with Gasteiger partial charge in [-0.25, -0.2) is 0 Å². The third kappa shape index (κ3) is 6.31. The lowest BCUT2D eigenvalue weighted by atomic mass is 9.85. The summed E-state index contributed by atoms with van der Waals surface area (Å²) < 4.78 is 12.0. The Kier molecular flexibility index (Phi) is 8.90. The second kappa shape index (κ2) is 13.5. The Bertz CT molecular complexity index is 1780. The second-order valence-electron chi connectivity index (χ2n) is 10.3. The molecule has 0 aromatic heterocycles. The van der Waals surface area contributed by atoms with Gasteiger partial charge in [-0.15, -0.1) is 0 Å². The summed E-state index contributed by atoms with van der Waals surface area (Å²) in [5.41, 5.74) is 9.97. The van der Waals surface area contributed by atoms with Crippen LogP contribution < -0.4 is 14.4 Å². The number of rotatable bonds is 9. The van der Waals surface area contributed by atoms with Gasteiger partial charge < -0.3 is 14.4 Å². The number of halogens is 1. The smallest absolute Gasteiger partial charge is 0.118 e. The van der Waals surface area contributed by atoms with Crippen LogP contribution in [0.5, 0.6) is 11.5 Å². The van der Waals surface area contributed by atoms with E-state index in [1.54, 1.807) is 14.2 Å². The van der Waals surface area contributed by atoms with Crippen LogP contribution in [0, 0.1) is 0 Å². The number of anilines is 3. The van der Waals surface area contributed by atoms with Crippen molar-refractivity contribution in [2.75, 3.05) is 19.1 Å². The van der Waals surface area contributed by atoms with Crippen molar-refractivity contribution < 1.29 is 9.47 Å². The van der Waals surface area contributed by atoms with Crippen LogP contribution in [-0.4, -0.2) is 14.2 Å². The molecule has 44 heavy (non-hydrogen) atoms. The lowest BCUT2D eigenvalue weighted by Crippen LogP contribution is -2.09. The third-order valence-corrected chi connectivity index (χ3v) is 8.11. The molecule has 0 unspecified atom stereocenters. The van der Waals surface area contributed by atoms with Crippen LogP contribution >= 0.6 is 15.9 Å². The summed E-state index contributed by atoms with van der Waals surface area (Å²) in [7, 11) is 3.39. The molecule has 4 heteroatoms. The maximum atomic E-state index is 5.49. The summed E-state index contributed by atoms with van der Waals surface area (Å²) in [6.45, 7) is 0. The third-order valence-electron chi connectivity index (χ3n) is 7.58. The van der Waals surface area contributed by atoms with Crippen LogP contribution in [-0.2, 0) is 0 Å². The number of hydrogen-bond donors (Lipinski definition) is 0. The van der Waals surface area contributed by atoms with E-state index in [0.29, 0.717) is 0 Å². The van der Waals surface area contributed by atoms with Crippen LogP contribution in [0.25, 0.3) is 11.1 Å². The molecule has 216 valence electrons. The van der Waals surface area contributed by atoms with Crippen LogP contribution in [0.3, 0.4) is 0 Å². The molecular formula is C40H32BrNO2. The van der Waals surface area contributed by atoms with Gasteiger partial charge in [0.1, 0.15) is 11.5 Å². The van der Waals surface area contributed by atoms with Crippen molar-refractivity contribution >= 4 is 44.1 Å². The number of benzene rings is 6. The Labute approximate surface area is 267 Å². The molecule has 0 amide bonds. The Morgan fingerprint density at radius 1 is 0.409 bits per heavy atom. The average Bonchev–Trinajstić information content (AvgIpc) is 3.09. The number of ether oxygens (including phenoxy) is 2. The van der Waals surface area contributed by atoms with E-state index >= 15 is 0 Å². The van der Waals surface area contributed by atoms with Gasteiger partial charge in [-0.2, -0.15) is 0 Å². The molecule has 3 nitrogen and oxygen atoms in total. The molecule has 6 aromatic carbocycles. The van der Waals surface area contributed by atoms with Gasteiger partial charge in [0, 0.05) is 21.5 Å². The normalized spacial score (nSPS) is 10.6. The van der Waals surface area contributed by atoms with E-state index in [9.17, 15) is 0 Å². The molecule has 0 saturated carbocycles. The van der Waals surface area contributed by atoms with E-state index in [4.69, 9.17) is 9.47 Å². The molecule has 0 N–H and O–H groups in total. The summed E-state index contributed by atoms with van der Waals surface area (Å²) in [6.07, 6.45) is 0. The molecule has 0 radical (unpaired) electrons. The predicted octanol–water partition coefficient (Wildman–Crippen LogP) is 10.9. The summed E-state index contributed by atoms with van der Waals surface area (Å²) in [5, 5.41) is 0. The van der Waals surface area contributed by atoms with Crippen LogP contribution in [0.4, 0.5) is 17.1 Å². The first kappa shape index (κ1) is 29.0. The SMILES string of the molecule is COc1ccc(C(=C(c2ccccc2)c2ccc(N(c3ccccc3)c3ccc(Br)cc3)cc2)c2ccc(OC)cc2)cc1. The minimum atomic E-state index is 0.822. The summed E-state index contributed by atoms with van der Waals surface area (Å²) in [5.74, 6) is 1.64. The number of nitrogens with zero attached hydrogens (tertiary/aromatic N) is 1. The zero-order valence-corrected chi connectivity index (χ0v) is 26.2. The molecule has 6 rings (SSSR count). The maximum Gasteiger partial charge on any atom is 0.118 e. The van der Waals surface area contributed by atoms with Crippen LogP contribution in [0.1, 0.15) is 22.3 Å². The zero-order valence-electron chi connectivity index (χ0n) is 24.7. The fourth-order valence-corrected chi connectivity index (χ4v) is 5.69. The first-order chi connectivity index (χ1) is 21.6. The van der Waals surface area contributed by atoms with Gasteiger partial charge in [0.25, 0.3) is 0 Å². The summed E-state index contributed by atoms with van der Waals surface area (Å²) in [4.78, 5) is 2.27. The molecule has 0 bridgehead atoms. The number of para-hydroxylation sites is 1. The highest BCUT2D eigenvalue weighted by Crippen LogP contribution is 2.40. The zero-order chi connectivity index (χ0) is 30.3. The monoisotopic (exact) mass is 637 g/mol. The Balaban J connectivity index is 1.55. The van der Waals surface area contributed by atoms with E-state index in [1.165, 1.54) is 0 Å². The first-order valence-electron chi connectivity index (χ1n) is 14.4. The minimum absolute atomic E-state index is 0.822. The Hall–Kier alpha value is -5.06. The maximum absolute atomic E-state index is 5.49. The number of methoxy groups -OCH3 is 2. The molecule has 0 atom stereocenters. The van der Waals surface area contributed by atoms with E-state index in [1.807, 2.05) is 30.3 Å².